The summed E-state index contributed by atoms with van der Waals surface area (Å²) in [6, 6.07) is 5.73. The van der Waals surface area contributed by atoms with Crippen molar-refractivity contribution in [2.75, 3.05) is 19.3 Å². The topological polar surface area (TPSA) is 138 Å². The number of Topliss-reactive ketones (excluding diaryl/α,β-unsaturated/α-hetero) is 1. The molecule has 9 nitrogen and oxygen atoms in total. The number of rotatable bonds is 5. The number of guanidine groups is 1. The third-order valence-electron chi connectivity index (χ3n) is 5.27. The number of alkyl halides is 3. The summed E-state index contributed by atoms with van der Waals surface area (Å²) in [5.74, 6) is -2.63. The maximum atomic E-state index is 14.8. The molecule has 3 heterocycles. The Morgan fingerprint density at radius 3 is 2.66 bits per heavy atom. The van der Waals surface area contributed by atoms with Gasteiger partial charge in [0.2, 0.25) is 5.96 Å². The van der Waals surface area contributed by atoms with Gasteiger partial charge in [0.05, 0.1) is 17.7 Å². The first-order chi connectivity index (χ1) is 16.2. The minimum absolute atomic E-state index is 0.110. The van der Waals surface area contributed by atoms with Crippen LogP contribution in [0.4, 0.5) is 17.6 Å². The van der Waals surface area contributed by atoms with Crippen LogP contribution < -0.4 is 5.73 Å². The molecule has 1 unspecified atom stereocenters. The van der Waals surface area contributed by atoms with Crippen LogP contribution in [0.25, 0.3) is 0 Å². The molecule has 0 aliphatic carbocycles. The van der Waals surface area contributed by atoms with Crippen molar-refractivity contribution in [1.29, 1.82) is 5.26 Å². The van der Waals surface area contributed by atoms with Gasteiger partial charge in [0.1, 0.15) is 45.3 Å². The van der Waals surface area contributed by atoms with Gasteiger partial charge in [0, 0.05) is 18.9 Å². The second-order valence-electron chi connectivity index (χ2n) is 8.06. The first kappa shape index (κ1) is 26.0. The van der Waals surface area contributed by atoms with Gasteiger partial charge in [-0.1, -0.05) is 0 Å². The van der Waals surface area contributed by atoms with Gasteiger partial charge in [-0.3, -0.25) is 14.8 Å². The Kier molecular flexibility index (Phi) is 6.85. The molecule has 0 amide bonds. The Hall–Kier alpha value is -3.60. The summed E-state index contributed by atoms with van der Waals surface area (Å²) in [4.78, 5) is 25.0. The number of hydrogen-bond donors (Lipinski definition) is 1. The summed E-state index contributed by atoms with van der Waals surface area (Å²) >= 11 is 0. The van der Waals surface area contributed by atoms with Crippen molar-refractivity contribution in [1.82, 2.24) is 14.3 Å². The molecular weight excluding hydrogens is 490 g/mol. The minimum Gasteiger partial charge on any atom is -0.369 e. The first-order valence-corrected chi connectivity index (χ1v) is 11.7. The highest BCUT2D eigenvalue weighted by atomic mass is 32.2. The Labute approximate surface area is 199 Å². The van der Waals surface area contributed by atoms with E-state index in [0.29, 0.717) is 9.87 Å². The average Bonchev–Trinajstić information content (AvgIpc) is 2.76. The summed E-state index contributed by atoms with van der Waals surface area (Å²) in [6.45, 7) is 1.30. The lowest BCUT2D eigenvalue weighted by Gasteiger charge is -2.38. The van der Waals surface area contributed by atoms with Crippen molar-refractivity contribution in [2.45, 2.75) is 32.0 Å². The van der Waals surface area contributed by atoms with Crippen molar-refractivity contribution in [2.24, 2.45) is 15.1 Å². The van der Waals surface area contributed by atoms with Gasteiger partial charge in [0.25, 0.3) is 0 Å². The van der Waals surface area contributed by atoms with Crippen LogP contribution in [0.15, 0.2) is 33.8 Å². The first-order valence-electron chi connectivity index (χ1n) is 10.1. The van der Waals surface area contributed by atoms with E-state index in [1.165, 1.54) is 25.3 Å². The molecule has 0 bridgehead atoms. The molecule has 2 N–H and O–H groups in total. The van der Waals surface area contributed by atoms with E-state index in [0.717, 1.165) is 13.1 Å². The average molecular weight is 512 g/mol. The SMILES string of the molecule is CN=S1(=O)C[C@@](C)(c2nc(CC(=O)c3ncc(C#N)cc3C)ccc2F)N=C(N)N1CC(F)(F)F. The number of nitrogens with two attached hydrogens (primary N) is 1. The van der Waals surface area contributed by atoms with Crippen molar-refractivity contribution in [3.8, 4) is 6.07 Å². The smallest absolute Gasteiger partial charge is 0.369 e. The van der Waals surface area contributed by atoms with Gasteiger partial charge in [0.15, 0.2) is 5.78 Å². The van der Waals surface area contributed by atoms with Gasteiger partial charge >= 0.3 is 6.18 Å². The zero-order valence-corrected chi connectivity index (χ0v) is 19.7. The van der Waals surface area contributed by atoms with Crippen LogP contribution in [0.2, 0.25) is 0 Å². The molecule has 0 radical (unpaired) electrons. The van der Waals surface area contributed by atoms with Crippen LogP contribution in [0.5, 0.6) is 0 Å². The van der Waals surface area contributed by atoms with Crippen molar-refractivity contribution in [3.63, 3.8) is 0 Å². The van der Waals surface area contributed by atoms with E-state index < -0.39 is 51.5 Å². The molecular formula is C21H21F4N7O2S. The number of halogens is 4. The highest BCUT2D eigenvalue weighted by Gasteiger charge is 2.46. The molecule has 0 fully saturated rings. The quantitative estimate of drug-likeness (QED) is 0.484. The van der Waals surface area contributed by atoms with Crippen molar-refractivity contribution in [3.05, 3.63) is 58.4 Å². The molecule has 3 rings (SSSR count). The van der Waals surface area contributed by atoms with Crippen molar-refractivity contribution < 1.29 is 26.6 Å². The second kappa shape index (κ2) is 9.21. The Bertz CT molecular complexity index is 1380. The number of nitriles is 1. The lowest BCUT2D eigenvalue weighted by Crippen LogP contribution is -2.55. The Balaban J connectivity index is 2.00. The maximum absolute atomic E-state index is 14.8. The summed E-state index contributed by atoms with van der Waals surface area (Å²) < 4.78 is 71.2. The van der Waals surface area contributed by atoms with E-state index >= 15 is 0 Å². The largest absolute Gasteiger partial charge is 0.407 e. The van der Waals surface area contributed by atoms with E-state index in [-0.39, 0.29) is 29.1 Å². The van der Waals surface area contributed by atoms with Gasteiger partial charge in [-0.25, -0.2) is 22.3 Å². The van der Waals surface area contributed by atoms with E-state index in [1.807, 2.05) is 6.07 Å². The maximum Gasteiger partial charge on any atom is 0.407 e. The van der Waals surface area contributed by atoms with Crippen LogP contribution in [0.1, 0.15) is 39.9 Å². The highest BCUT2D eigenvalue weighted by molar-refractivity contribution is 7.92. The molecule has 2 aromatic heterocycles. The van der Waals surface area contributed by atoms with Crippen LogP contribution in [-0.4, -0.2) is 55.7 Å². The summed E-state index contributed by atoms with van der Waals surface area (Å²) in [5, 5.41) is 8.95. The molecule has 2 atom stereocenters. The predicted octanol–water partition coefficient (Wildman–Crippen LogP) is 2.64. The fraction of sp³-hybridized carbons (Fsp3) is 0.381. The number of carbonyl (C=O) groups is 1. The number of carbonyl (C=O) groups excluding carboxylic acids is 1. The molecule has 2 aromatic rings. The summed E-state index contributed by atoms with van der Waals surface area (Å²) in [5.41, 5.74) is 4.68. The third kappa shape index (κ3) is 5.40. The fourth-order valence-corrected chi connectivity index (χ4v) is 5.79. The van der Waals surface area contributed by atoms with Gasteiger partial charge in [-0.05, 0) is 37.6 Å². The number of ketones is 1. The van der Waals surface area contributed by atoms with Gasteiger partial charge in [-0.15, -0.1) is 0 Å². The molecule has 1 aliphatic rings. The van der Waals surface area contributed by atoms with Crippen LogP contribution >= 0.6 is 0 Å². The number of aryl methyl sites for hydroxylation is 1. The molecule has 0 spiro atoms. The number of aliphatic imine (C=N–C) groups is 1. The summed E-state index contributed by atoms with van der Waals surface area (Å²) in [7, 11) is -2.66. The normalized spacial score (nSPS) is 22.3. The van der Waals surface area contributed by atoms with Gasteiger partial charge in [-0.2, -0.15) is 18.4 Å². The zero-order chi connectivity index (χ0) is 26.2. The molecule has 186 valence electrons. The molecule has 0 saturated carbocycles. The number of hydrogen-bond acceptors (Lipinski definition) is 8. The second-order valence-corrected chi connectivity index (χ2v) is 10.4. The van der Waals surface area contributed by atoms with E-state index in [9.17, 15) is 26.6 Å². The predicted molar refractivity (Wildman–Crippen MR) is 119 cm³/mol. The van der Waals surface area contributed by atoms with Gasteiger partial charge < -0.3 is 5.73 Å². The third-order valence-corrected chi connectivity index (χ3v) is 7.78. The van der Waals surface area contributed by atoms with Crippen molar-refractivity contribution >= 4 is 21.7 Å². The van der Waals surface area contributed by atoms with Crippen LogP contribution in [0.3, 0.4) is 0 Å². The van der Waals surface area contributed by atoms with E-state index in [1.54, 1.807) is 6.92 Å². The van der Waals surface area contributed by atoms with Crippen LogP contribution in [0, 0.1) is 24.1 Å². The van der Waals surface area contributed by atoms with E-state index in [2.05, 4.69) is 19.3 Å². The Morgan fingerprint density at radius 1 is 1.40 bits per heavy atom. The Morgan fingerprint density at radius 2 is 2.09 bits per heavy atom. The summed E-state index contributed by atoms with van der Waals surface area (Å²) in [6.07, 6.45) is -3.76. The highest BCUT2D eigenvalue weighted by Crippen LogP contribution is 2.35. The van der Waals surface area contributed by atoms with Crippen LogP contribution in [-0.2, 0) is 21.9 Å². The fourth-order valence-electron chi connectivity index (χ4n) is 3.69. The number of pyridine rings is 2. The molecule has 1 aliphatic heterocycles. The minimum atomic E-state index is -4.73. The van der Waals surface area contributed by atoms with E-state index in [4.69, 9.17) is 11.0 Å². The molecule has 35 heavy (non-hydrogen) atoms. The lowest BCUT2D eigenvalue weighted by molar-refractivity contribution is -0.130. The lowest BCUT2D eigenvalue weighted by atomic mass is 9.98. The standard InChI is InChI=1S/C21H21F4N7O2S/c1-12-6-13(8-26)9-29-17(12)16(33)7-14-4-5-15(22)18(30-14)20(2)11-35(34,28-3)32(19(27)31-20)10-21(23,24)25/h4-6,9H,7,10-11H2,1-3H3,(H2,27,31)/t20-,35?/m0/s1. The number of nitrogens with zero attached hydrogens (tertiary/aromatic N) is 6. The molecule has 14 heteroatoms. The molecule has 0 aromatic carbocycles. The molecule has 0 saturated heterocycles. The zero-order valence-electron chi connectivity index (χ0n) is 18.9. The number of aromatic nitrogens is 2. The monoisotopic (exact) mass is 511 g/mol.